The van der Waals surface area contributed by atoms with E-state index in [1.54, 1.807) is 10.5 Å². The van der Waals surface area contributed by atoms with Gasteiger partial charge >= 0.3 is 0 Å². The van der Waals surface area contributed by atoms with E-state index in [0.29, 0.717) is 11.5 Å². The molecule has 118 valence electrons. The molecule has 1 aromatic carbocycles. The highest BCUT2D eigenvalue weighted by atomic mass is 19.1. The topological polar surface area (TPSA) is 42.0 Å². The lowest BCUT2D eigenvalue weighted by Gasteiger charge is -2.04. The van der Waals surface area contributed by atoms with Gasteiger partial charge in [-0.15, -0.1) is 10.2 Å². The summed E-state index contributed by atoms with van der Waals surface area (Å²) >= 11 is 0. The highest BCUT2D eigenvalue weighted by Gasteiger charge is 2.15. The van der Waals surface area contributed by atoms with Gasteiger partial charge in [0.05, 0.1) is 11.4 Å². The summed E-state index contributed by atoms with van der Waals surface area (Å²) in [5, 5.41) is 8.76. The second-order valence-electron chi connectivity index (χ2n) is 5.97. The Balaban J connectivity index is 2.14. The molecule has 0 N–H and O–H groups in total. The van der Waals surface area contributed by atoms with Gasteiger partial charge in [-0.25, -0.2) is 9.37 Å². The van der Waals surface area contributed by atoms with Gasteiger partial charge < -0.3 is 0 Å². The van der Waals surface area contributed by atoms with E-state index in [9.17, 15) is 4.39 Å². The summed E-state index contributed by atoms with van der Waals surface area (Å²) in [5.74, 6) is 0.425. The third-order valence-corrected chi connectivity index (χ3v) is 3.96. The Bertz CT molecular complexity index is 893. The van der Waals surface area contributed by atoms with Crippen LogP contribution in [0, 0.1) is 19.7 Å². The van der Waals surface area contributed by atoms with Crippen LogP contribution in [0.2, 0.25) is 0 Å². The zero-order valence-electron chi connectivity index (χ0n) is 13.7. The zero-order valence-corrected chi connectivity index (χ0v) is 13.7. The van der Waals surface area contributed by atoms with Crippen LogP contribution in [-0.4, -0.2) is 9.38 Å². The molecule has 2 heterocycles. The van der Waals surface area contributed by atoms with Crippen LogP contribution < -0.4 is 0 Å². The number of hydrogen-bond donors (Lipinski definition) is 0. The maximum atomic E-state index is 13.6. The first-order valence-electron chi connectivity index (χ1n) is 7.63. The number of aromatic nitrogens is 2. The van der Waals surface area contributed by atoms with Gasteiger partial charge in [0.15, 0.2) is 5.82 Å². The van der Waals surface area contributed by atoms with E-state index in [0.717, 1.165) is 22.5 Å². The highest BCUT2D eigenvalue weighted by Crippen LogP contribution is 2.30. The fourth-order valence-electron chi connectivity index (χ4n) is 2.46. The van der Waals surface area contributed by atoms with Crippen molar-refractivity contribution in [3.05, 3.63) is 59.2 Å². The van der Waals surface area contributed by atoms with E-state index in [1.165, 1.54) is 12.3 Å². The van der Waals surface area contributed by atoms with Crippen molar-refractivity contribution < 1.29 is 4.39 Å². The maximum Gasteiger partial charge on any atom is 0.183 e. The first kappa shape index (κ1) is 15.3. The second kappa shape index (κ2) is 5.91. The molecule has 23 heavy (non-hydrogen) atoms. The van der Waals surface area contributed by atoms with E-state index in [4.69, 9.17) is 0 Å². The molecule has 0 atom stereocenters. The van der Waals surface area contributed by atoms with Gasteiger partial charge in [0.25, 0.3) is 0 Å². The molecule has 0 saturated carbocycles. The average molecular weight is 310 g/mol. The maximum absolute atomic E-state index is 13.6. The van der Waals surface area contributed by atoms with Crippen molar-refractivity contribution in [1.29, 1.82) is 0 Å². The number of hydrogen-bond acceptors (Lipinski definition) is 3. The van der Waals surface area contributed by atoms with Crippen LogP contribution in [-0.2, 0) is 0 Å². The normalized spacial score (nSPS) is 11.9. The monoisotopic (exact) mass is 310 g/mol. The van der Waals surface area contributed by atoms with Crippen LogP contribution >= 0.6 is 0 Å². The van der Waals surface area contributed by atoms with E-state index < -0.39 is 0 Å². The van der Waals surface area contributed by atoms with E-state index in [1.807, 2.05) is 45.9 Å². The van der Waals surface area contributed by atoms with Crippen molar-refractivity contribution in [2.24, 2.45) is 10.2 Å². The third kappa shape index (κ3) is 2.86. The summed E-state index contributed by atoms with van der Waals surface area (Å²) in [6.45, 7) is 8.13. The zero-order chi connectivity index (χ0) is 16.6. The molecular weight excluding hydrogens is 291 g/mol. The van der Waals surface area contributed by atoms with Crippen LogP contribution in [0.1, 0.15) is 36.6 Å². The van der Waals surface area contributed by atoms with Crippen molar-refractivity contribution in [3.8, 4) is 0 Å². The molecule has 4 nitrogen and oxygen atoms in total. The molecule has 0 spiro atoms. The van der Waals surface area contributed by atoms with Crippen LogP contribution in [0.3, 0.4) is 0 Å². The van der Waals surface area contributed by atoms with Gasteiger partial charge in [0.1, 0.15) is 11.5 Å². The minimum Gasteiger partial charge on any atom is -0.280 e. The first-order chi connectivity index (χ1) is 11.0. The molecular formula is C18H19FN4. The Morgan fingerprint density at radius 3 is 2.61 bits per heavy atom. The molecule has 3 aromatic rings. The van der Waals surface area contributed by atoms with Gasteiger partial charge in [0.2, 0.25) is 0 Å². The molecule has 0 unspecified atom stereocenters. The molecule has 5 heteroatoms. The van der Waals surface area contributed by atoms with Crippen molar-refractivity contribution in [1.82, 2.24) is 9.38 Å². The van der Waals surface area contributed by atoms with Gasteiger partial charge in [0, 0.05) is 6.20 Å². The van der Waals surface area contributed by atoms with Crippen LogP contribution in [0.25, 0.3) is 5.65 Å². The molecule has 0 bridgehead atoms. The van der Waals surface area contributed by atoms with E-state index in [2.05, 4.69) is 15.2 Å². The predicted molar refractivity (Wildman–Crippen MR) is 89.3 cm³/mol. The summed E-state index contributed by atoms with van der Waals surface area (Å²) in [6.07, 6.45) is 1.39. The van der Waals surface area contributed by atoms with Gasteiger partial charge in [-0.1, -0.05) is 26.0 Å². The summed E-state index contributed by atoms with van der Waals surface area (Å²) in [6, 6.07) is 8.96. The quantitative estimate of drug-likeness (QED) is 0.578. The second-order valence-corrected chi connectivity index (χ2v) is 5.97. The molecule has 0 fully saturated rings. The predicted octanol–water partition coefficient (Wildman–Crippen LogP) is 5.63. The lowest BCUT2D eigenvalue weighted by molar-refractivity contribution is 0.619. The molecule has 0 aliphatic rings. The van der Waals surface area contributed by atoms with Gasteiger partial charge in [-0.05, 0) is 49.1 Å². The number of azo groups is 1. The lowest BCUT2D eigenvalue weighted by atomic mass is 10.1. The number of benzene rings is 1. The number of halogens is 1. The van der Waals surface area contributed by atoms with Crippen LogP contribution in [0.4, 0.5) is 15.9 Å². The number of pyridine rings is 1. The Hall–Kier alpha value is -2.56. The number of nitrogens with zero attached hydrogens (tertiary/aromatic N) is 4. The molecule has 0 saturated heterocycles. The fraction of sp³-hybridized carbons (Fsp3) is 0.278. The summed E-state index contributed by atoms with van der Waals surface area (Å²) in [5.41, 5.74) is 4.54. The Labute approximate surface area is 134 Å². The van der Waals surface area contributed by atoms with Crippen LogP contribution in [0.15, 0.2) is 46.8 Å². The Morgan fingerprint density at radius 2 is 1.87 bits per heavy atom. The minimum atomic E-state index is -0.326. The number of rotatable bonds is 3. The van der Waals surface area contributed by atoms with Crippen LogP contribution in [0.5, 0.6) is 0 Å². The fourth-order valence-corrected chi connectivity index (χ4v) is 2.46. The van der Waals surface area contributed by atoms with Crippen molar-refractivity contribution in [2.45, 2.75) is 33.6 Å². The average Bonchev–Trinajstić information content (AvgIpc) is 2.87. The standard InChI is InChI=1S/C18H19FN4/c1-11(2)17-18(23-10-14(19)8-9-16(23)20-17)22-21-15-7-5-6-12(3)13(15)4/h5-11H,1-4H3. The van der Waals surface area contributed by atoms with Crippen molar-refractivity contribution in [3.63, 3.8) is 0 Å². The minimum absolute atomic E-state index is 0.172. The molecule has 0 aliphatic carbocycles. The highest BCUT2D eigenvalue weighted by molar-refractivity contribution is 5.54. The lowest BCUT2D eigenvalue weighted by Crippen LogP contribution is -1.88. The van der Waals surface area contributed by atoms with Gasteiger partial charge in [-0.3, -0.25) is 4.40 Å². The number of aryl methyl sites for hydroxylation is 1. The summed E-state index contributed by atoms with van der Waals surface area (Å²) < 4.78 is 15.2. The molecule has 3 rings (SSSR count). The largest absolute Gasteiger partial charge is 0.280 e. The van der Waals surface area contributed by atoms with Gasteiger partial charge in [-0.2, -0.15) is 0 Å². The number of fused-ring (bicyclic) bond motifs is 1. The summed E-state index contributed by atoms with van der Waals surface area (Å²) in [7, 11) is 0. The Morgan fingerprint density at radius 1 is 1.09 bits per heavy atom. The molecule has 0 radical (unpaired) electrons. The smallest absolute Gasteiger partial charge is 0.183 e. The van der Waals surface area contributed by atoms with E-state index >= 15 is 0 Å². The van der Waals surface area contributed by atoms with E-state index in [-0.39, 0.29) is 11.7 Å². The van der Waals surface area contributed by atoms with Crippen molar-refractivity contribution >= 4 is 17.2 Å². The third-order valence-electron chi connectivity index (χ3n) is 3.96. The summed E-state index contributed by atoms with van der Waals surface area (Å²) in [4.78, 5) is 4.55. The first-order valence-corrected chi connectivity index (χ1v) is 7.63. The molecule has 0 aliphatic heterocycles. The van der Waals surface area contributed by atoms with Crippen molar-refractivity contribution in [2.75, 3.05) is 0 Å². The molecule has 0 amide bonds. The Kier molecular flexibility index (Phi) is 3.94. The molecule has 2 aromatic heterocycles. The number of imidazole rings is 1. The SMILES string of the molecule is Cc1cccc(N=Nc2c(C(C)C)nc3ccc(F)cn23)c1C.